The summed E-state index contributed by atoms with van der Waals surface area (Å²) in [6.45, 7) is 11.3. The van der Waals surface area contributed by atoms with Crippen LogP contribution in [0, 0.1) is 6.92 Å². The van der Waals surface area contributed by atoms with Crippen molar-refractivity contribution in [3.05, 3.63) is 77.4 Å². The first kappa shape index (κ1) is 19.6. The predicted octanol–water partition coefficient (Wildman–Crippen LogP) is 5.30. The fourth-order valence-electron chi connectivity index (χ4n) is 3.36. The van der Waals surface area contributed by atoms with Crippen molar-refractivity contribution in [3.63, 3.8) is 0 Å². The van der Waals surface area contributed by atoms with E-state index >= 15 is 0 Å². The Morgan fingerprint density at radius 3 is 2.75 bits per heavy atom. The molecular formula is C24H27N3O. The van der Waals surface area contributed by atoms with Gasteiger partial charge in [-0.25, -0.2) is 0 Å². The molecule has 0 unspecified atom stereocenters. The highest BCUT2D eigenvalue weighted by Gasteiger charge is 2.14. The van der Waals surface area contributed by atoms with Gasteiger partial charge in [0.2, 0.25) is 0 Å². The number of hydrogen-bond acceptors (Lipinski definition) is 3. The van der Waals surface area contributed by atoms with Gasteiger partial charge in [-0.1, -0.05) is 32.6 Å². The van der Waals surface area contributed by atoms with Crippen molar-refractivity contribution in [2.24, 2.45) is 0 Å². The van der Waals surface area contributed by atoms with Gasteiger partial charge in [0.05, 0.1) is 5.69 Å². The number of carbonyl (C=O) groups excluding carboxylic acids is 1. The molecule has 2 N–H and O–H groups in total. The highest BCUT2D eigenvalue weighted by molar-refractivity contribution is 6.06. The quantitative estimate of drug-likeness (QED) is 0.320. The molecule has 0 saturated heterocycles. The molecular weight excluding hydrogens is 346 g/mol. The highest BCUT2D eigenvalue weighted by Crippen LogP contribution is 2.32. The van der Waals surface area contributed by atoms with Gasteiger partial charge >= 0.3 is 0 Å². The SMILES string of the molecule is C=C(/C(=C\NCCC)c1ccc2[nH]c(CC)c(C=O)c2c1)c1cccc(C)n1. The number of aromatic nitrogens is 2. The Morgan fingerprint density at radius 1 is 1.25 bits per heavy atom. The van der Waals surface area contributed by atoms with Crippen molar-refractivity contribution in [3.8, 4) is 0 Å². The van der Waals surface area contributed by atoms with E-state index in [4.69, 9.17) is 0 Å². The number of H-pyrrole nitrogens is 1. The molecule has 1 aromatic carbocycles. The van der Waals surface area contributed by atoms with Gasteiger partial charge in [0.25, 0.3) is 0 Å². The molecule has 28 heavy (non-hydrogen) atoms. The summed E-state index contributed by atoms with van der Waals surface area (Å²) < 4.78 is 0. The number of rotatable bonds is 8. The van der Waals surface area contributed by atoms with Gasteiger partial charge in [-0.05, 0) is 49.6 Å². The fraction of sp³-hybridized carbons (Fsp3) is 0.250. The molecule has 144 valence electrons. The van der Waals surface area contributed by atoms with E-state index in [1.54, 1.807) is 0 Å². The molecule has 0 amide bonds. The summed E-state index contributed by atoms with van der Waals surface area (Å²) in [6.07, 6.45) is 4.77. The van der Waals surface area contributed by atoms with Crippen LogP contribution in [-0.2, 0) is 6.42 Å². The zero-order chi connectivity index (χ0) is 20.1. The maximum absolute atomic E-state index is 11.7. The minimum absolute atomic E-state index is 0.736. The molecule has 0 spiro atoms. The van der Waals surface area contributed by atoms with E-state index in [0.717, 1.165) is 75.9 Å². The number of allylic oxidation sites excluding steroid dienone is 2. The molecule has 0 fully saturated rings. The number of aldehydes is 1. The minimum Gasteiger partial charge on any atom is -0.390 e. The molecule has 2 heterocycles. The highest BCUT2D eigenvalue weighted by atomic mass is 16.1. The summed E-state index contributed by atoms with van der Waals surface area (Å²) in [4.78, 5) is 19.7. The van der Waals surface area contributed by atoms with Crippen LogP contribution in [0.4, 0.5) is 0 Å². The minimum atomic E-state index is 0.736. The molecule has 4 nitrogen and oxygen atoms in total. The normalized spacial score (nSPS) is 11.6. The Labute approximate surface area is 166 Å². The molecule has 2 aromatic heterocycles. The molecule has 4 heteroatoms. The summed E-state index contributed by atoms with van der Waals surface area (Å²) >= 11 is 0. The Hall–Kier alpha value is -3.14. The van der Waals surface area contributed by atoms with Crippen LogP contribution in [0.2, 0.25) is 0 Å². The Bertz CT molecular complexity index is 1040. The molecule has 0 aliphatic rings. The lowest BCUT2D eigenvalue weighted by molar-refractivity contribution is 0.112. The van der Waals surface area contributed by atoms with Crippen LogP contribution < -0.4 is 5.32 Å². The first-order valence-corrected chi connectivity index (χ1v) is 9.76. The lowest BCUT2D eigenvalue weighted by Crippen LogP contribution is -2.07. The lowest BCUT2D eigenvalue weighted by atomic mass is 9.95. The summed E-state index contributed by atoms with van der Waals surface area (Å²) in [7, 11) is 0. The van der Waals surface area contributed by atoms with Crippen molar-refractivity contribution in [2.75, 3.05) is 6.54 Å². The second kappa shape index (κ2) is 8.70. The zero-order valence-corrected chi connectivity index (χ0v) is 16.8. The average Bonchev–Trinajstić information content (AvgIpc) is 3.07. The molecule has 0 saturated carbocycles. The van der Waals surface area contributed by atoms with Crippen molar-refractivity contribution >= 4 is 28.3 Å². The smallest absolute Gasteiger partial charge is 0.152 e. The number of pyridine rings is 1. The van der Waals surface area contributed by atoms with Gasteiger partial charge in [0.1, 0.15) is 0 Å². The van der Waals surface area contributed by atoms with Crippen molar-refractivity contribution in [1.82, 2.24) is 15.3 Å². The van der Waals surface area contributed by atoms with E-state index in [-0.39, 0.29) is 0 Å². The Kier molecular flexibility index (Phi) is 6.09. The number of fused-ring (bicyclic) bond motifs is 1. The first-order valence-electron chi connectivity index (χ1n) is 9.76. The largest absolute Gasteiger partial charge is 0.390 e. The van der Waals surface area contributed by atoms with E-state index in [9.17, 15) is 4.79 Å². The molecule has 3 aromatic rings. The maximum atomic E-state index is 11.7. The molecule has 3 rings (SSSR count). The third-order valence-corrected chi connectivity index (χ3v) is 4.87. The van der Waals surface area contributed by atoms with Crippen molar-refractivity contribution in [1.29, 1.82) is 0 Å². The summed E-state index contributed by atoms with van der Waals surface area (Å²) in [6, 6.07) is 12.1. The number of nitrogens with zero attached hydrogens (tertiary/aromatic N) is 1. The second-order valence-electron chi connectivity index (χ2n) is 6.90. The number of nitrogens with one attached hydrogen (secondary N) is 2. The number of hydrogen-bond donors (Lipinski definition) is 2. The topological polar surface area (TPSA) is 57.8 Å². The van der Waals surface area contributed by atoms with Gasteiger partial charge in [-0.2, -0.15) is 0 Å². The van der Waals surface area contributed by atoms with Gasteiger partial charge in [-0.15, -0.1) is 0 Å². The number of carbonyl (C=O) groups is 1. The number of benzene rings is 1. The summed E-state index contributed by atoms with van der Waals surface area (Å²) in [5, 5.41) is 4.30. The van der Waals surface area contributed by atoms with Crippen molar-refractivity contribution < 1.29 is 4.79 Å². The number of aryl methyl sites for hydroxylation is 2. The predicted molar refractivity (Wildman–Crippen MR) is 117 cm³/mol. The van der Waals surface area contributed by atoms with Crippen LogP contribution in [0.5, 0.6) is 0 Å². The molecule has 0 aliphatic heterocycles. The summed E-state index contributed by atoms with van der Waals surface area (Å²) in [5.74, 6) is 0. The zero-order valence-electron chi connectivity index (χ0n) is 16.8. The van der Waals surface area contributed by atoms with Crippen LogP contribution in [0.3, 0.4) is 0 Å². The lowest BCUT2D eigenvalue weighted by Gasteiger charge is -2.13. The van der Waals surface area contributed by atoms with E-state index in [2.05, 4.69) is 40.9 Å². The van der Waals surface area contributed by atoms with Gasteiger partial charge in [0, 0.05) is 51.7 Å². The van der Waals surface area contributed by atoms with E-state index in [1.807, 2.05) is 44.3 Å². The molecule has 0 atom stereocenters. The first-order chi connectivity index (χ1) is 13.6. The maximum Gasteiger partial charge on any atom is 0.152 e. The molecule has 0 radical (unpaired) electrons. The fourth-order valence-corrected chi connectivity index (χ4v) is 3.36. The van der Waals surface area contributed by atoms with Gasteiger partial charge in [-0.3, -0.25) is 9.78 Å². The average molecular weight is 374 g/mol. The van der Waals surface area contributed by atoms with Gasteiger partial charge in [0.15, 0.2) is 6.29 Å². The standard InChI is InChI=1S/C24H27N3O/c1-5-12-25-14-20(17(4)23-9-7-8-16(3)26-23)18-10-11-24-19(13-18)21(15-28)22(6-2)27-24/h7-11,13-15,25,27H,4-6,12H2,1-3H3/b20-14+. The van der Waals surface area contributed by atoms with Crippen LogP contribution in [0.15, 0.2) is 49.2 Å². The van der Waals surface area contributed by atoms with E-state index < -0.39 is 0 Å². The second-order valence-corrected chi connectivity index (χ2v) is 6.90. The third-order valence-electron chi connectivity index (χ3n) is 4.87. The summed E-state index contributed by atoms with van der Waals surface area (Å²) in [5.41, 5.74) is 7.32. The monoisotopic (exact) mass is 373 g/mol. The van der Waals surface area contributed by atoms with Crippen LogP contribution in [0.25, 0.3) is 22.0 Å². The van der Waals surface area contributed by atoms with Crippen LogP contribution >= 0.6 is 0 Å². The van der Waals surface area contributed by atoms with E-state index in [0.29, 0.717) is 0 Å². The third kappa shape index (κ3) is 3.91. The molecule has 0 bridgehead atoms. The van der Waals surface area contributed by atoms with E-state index in [1.165, 1.54) is 0 Å². The van der Waals surface area contributed by atoms with Crippen LogP contribution in [0.1, 0.15) is 53.3 Å². The van der Waals surface area contributed by atoms with Crippen molar-refractivity contribution in [2.45, 2.75) is 33.6 Å². The van der Waals surface area contributed by atoms with Gasteiger partial charge < -0.3 is 10.3 Å². The molecule has 0 aliphatic carbocycles. The Balaban J connectivity index is 2.11. The number of aromatic amines is 1. The van der Waals surface area contributed by atoms with Crippen LogP contribution in [-0.4, -0.2) is 22.8 Å². The Morgan fingerprint density at radius 2 is 2.07 bits per heavy atom.